The van der Waals surface area contributed by atoms with Gasteiger partial charge in [0.15, 0.2) is 0 Å². The van der Waals surface area contributed by atoms with Crippen molar-refractivity contribution in [3.05, 3.63) is 12.5 Å². The molecule has 0 aliphatic carbocycles. The van der Waals surface area contributed by atoms with Crippen molar-refractivity contribution in [2.24, 2.45) is 5.92 Å². The van der Waals surface area contributed by atoms with Crippen molar-refractivity contribution >= 4 is 11.9 Å². The molecule has 7 nitrogen and oxygen atoms in total. The van der Waals surface area contributed by atoms with E-state index < -0.39 is 6.03 Å². The van der Waals surface area contributed by atoms with Crippen LogP contribution in [0.2, 0.25) is 0 Å². The molecule has 0 aromatic rings. The molecule has 7 heteroatoms. The lowest BCUT2D eigenvalue weighted by atomic mass is 10.0. The predicted octanol–water partition coefficient (Wildman–Crippen LogP) is 0.176. The summed E-state index contributed by atoms with van der Waals surface area (Å²) >= 11 is 0. The van der Waals surface area contributed by atoms with Crippen LogP contribution in [-0.4, -0.2) is 41.0 Å². The number of urea groups is 1. The highest BCUT2D eigenvalue weighted by Gasteiger charge is 2.35. The predicted molar refractivity (Wildman–Crippen MR) is 63.6 cm³/mol. The van der Waals surface area contributed by atoms with E-state index in [4.69, 9.17) is 4.84 Å². The second-order valence-corrected chi connectivity index (χ2v) is 4.77. The molecule has 0 radical (unpaired) electrons. The fourth-order valence-electron chi connectivity index (χ4n) is 2.02. The van der Waals surface area contributed by atoms with Gasteiger partial charge in [-0.3, -0.25) is 9.69 Å². The Balaban J connectivity index is 2.01. The Hall–Kier alpha value is -1.60. The van der Waals surface area contributed by atoms with Crippen molar-refractivity contribution in [2.45, 2.75) is 26.3 Å². The Morgan fingerprint density at radius 2 is 2.39 bits per heavy atom. The van der Waals surface area contributed by atoms with Crippen LogP contribution in [0, 0.1) is 5.92 Å². The highest BCUT2D eigenvalue weighted by molar-refractivity contribution is 5.97. The minimum Gasteiger partial charge on any atom is -0.395 e. The first kappa shape index (κ1) is 12.8. The van der Waals surface area contributed by atoms with E-state index in [2.05, 4.69) is 10.9 Å². The van der Waals surface area contributed by atoms with Crippen LogP contribution in [0.5, 0.6) is 0 Å². The number of rotatable bonds is 2. The lowest BCUT2D eigenvalue weighted by molar-refractivity contribution is -0.133. The van der Waals surface area contributed by atoms with E-state index in [-0.39, 0.29) is 11.9 Å². The van der Waals surface area contributed by atoms with E-state index >= 15 is 0 Å². The van der Waals surface area contributed by atoms with E-state index in [9.17, 15) is 9.59 Å². The van der Waals surface area contributed by atoms with Gasteiger partial charge in [0.25, 0.3) is 0 Å². The van der Waals surface area contributed by atoms with Crippen molar-refractivity contribution in [1.82, 2.24) is 20.8 Å². The van der Waals surface area contributed by atoms with Gasteiger partial charge in [-0.2, -0.15) is 5.01 Å². The van der Waals surface area contributed by atoms with Gasteiger partial charge in [0.05, 0.1) is 12.2 Å². The Morgan fingerprint density at radius 1 is 1.61 bits per heavy atom. The number of hydrazine groups is 1. The van der Waals surface area contributed by atoms with E-state index in [1.54, 1.807) is 0 Å². The molecule has 0 aromatic carbocycles. The molecule has 2 heterocycles. The molecule has 0 bridgehead atoms. The van der Waals surface area contributed by atoms with Crippen molar-refractivity contribution in [3.8, 4) is 0 Å². The monoisotopic (exact) mass is 254 g/mol. The molecule has 1 saturated heterocycles. The summed E-state index contributed by atoms with van der Waals surface area (Å²) in [4.78, 5) is 30.2. The molecule has 1 atom stereocenters. The van der Waals surface area contributed by atoms with Crippen molar-refractivity contribution in [2.75, 3.05) is 13.1 Å². The van der Waals surface area contributed by atoms with Gasteiger partial charge in [-0.05, 0) is 12.3 Å². The highest BCUT2D eigenvalue weighted by Crippen LogP contribution is 2.13. The van der Waals surface area contributed by atoms with Gasteiger partial charge in [-0.15, -0.1) is 0 Å². The molecule has 18 heavy (non-hydrogen) atoms. The average Bonchev–Trinajstić information content (AvgIpc) is 2.84. The molecule has 2 N–H and O–H groups in total. The van der Waals surface area contributed by atoms with Gasteiger partial charge in [-0.1, -0.05) is 19.4 Å². The van der Waals surface area contributed by atoms with Gasteiger partial charge in [0.1, 0.15) is 6.26 Å². The van der Waals surface area contributed by atoms with Crippen LogP contribution < -0.4 is 10.9 Å². The number of piperazine rings is 1. The first-order chi connectivity index (χ1) is 8.59. The fourth-order valence-corrected chi connectivity index (χ4v) is 2.02. The molecule has 2 aliphatic heterocycles. The molecule has 1 unspecified atom stereocenters. The van der Waals surface area contributed by atoms with Crippen LogP contribution in [0.15, 0.2) is 12.5 Å². The van der Waals surface area contributed by atoms with Crippen molar-refractivity contribution in [1.29, 1.82) is 0 Å². The summed E-state index contributed by atoms with van der Waals surface area (Å²) in [6.07, 6.45) is 3.51. The normalized spacial score (nSPS) is 23.7. The van der Waals surface area contributed by atoms with E-state index in [1.165, 1.54) is 17.4 Å². The Bertz CT molecular complexity index is 369. The highest BCUT2D eigenvalue weighted by atomic mass is 16.7. The quantitative estimate of drug-likeness (QED) is 0.735. The lowest BCUT2D eigenvalue weighted by Crippen LogP contribution is -2.60. The number of nitrogens with one attached hydrogen (secondary N) is 2. The van der Waals surface area contributed by atoms with Gasteiger partial charge in [0.2, 0.25) is 5.91 Å². The minimum atomic E-state index is -0.413. The van der Waals surface area contributed by atoms with Gasteiger partial charge >= 0.3 is 6.03 Å². The fraction of sp³-hybridized carbons (Fsp3) is 0.636. The molecule has 2 rings (SSSR count). The molecule has 0 saturated carbocycles. The van der Waals surface area contributed by atoms with Crippen LogP contribution in [0.25, 0.3) is 0 Å². The topological polar surface area (TPSA) is 73.9 Å². The van der Waals surface area contributed by atoms with Crippen LogP contribution in [0.1, 0.15) is 20.3 Å². The molecule has 0 spiro atoms. The summed E-state index contributed by atoms with van der Waals surface area (Å²) in [5.41, 5.74) is 2.39. The molecule has 0 aromatic heterocycles. The van der Waals surface area contributed by atoms with E-state index in [1.807, 2.05) is 13.8 Å². The number of carbonyl (C=O) groups excluding carboxylic acids is 2. The molecular weight excluding hydrogens is 236 g/mol. The molecular formula is C11H18N4O3. The SMILES string of the molecule is CC(C)CC1NCCN(C(=O)N2C=CON2)C1=O. The van der Waals surface area contributed by atoms with Crippen molar-refractivity contribution in [3.63, 3.8) is 0 Å². The second-order valence-electron chi connectivity index (χ2n) is 4.77. The summed E-state index contributed by atoms with van der Waals surface area (Å²) in [6, 6.07) is -0.695. The third kappa shape index (κ3) is 2.62. The second kappa shape index (κ2) is 5.36. The third-order valence-electron chi connectivity index (χ3n) is 2.86. The van der Waals surface area contributed by atoms with Gasteiger partial charge in [-0.25, -0.2) is 4.79 Å². The van der Waals surface area contributed by atoms with E-state index in [0.717, 1.165) is 11.4 Å². The maximum Gasteiger partial charge on any atom is 0.347 e. The molecule has 2 aliphatic rings. The number of nitrogens with zero attached hydrogens (tertiary/aromatic N) is 2. The third-order valence-corrected chi connectivity index (χ3v) is 2.86. The number of hydrogen-bond acceptors (Lipinski definition) is 5. The van der Waals surface area contributed by atoms with Gasteiger partial charge < -0.3 is 10.2 Å². The summed E-state index contributed by atoms with van der Waals surface area (Å²) in [5, 5.41) is 4.29. The number of carbonyl (C=O) groups is 2. The number of amides is 3. The Morgan fingerprint density at radius 3 is 3.00 bits per heavy atom. The number of hydrogen-bond donors (Lipinski definition) is 2. The Kier molecular flexibility index (Phi) is 3.83. The standard InChI is InChI=1S/C11H18N4O3/c1-8(2)7-9-10(16)14(4-3-12-9)11(17)15-5-6-18-13-15/h5-6,8-9,12-13H,3-4,7H2,1-2H3. The Labute approximate surface area is 106 Å². The first-order valence-corrected chi connectivity index (χ1v) is 6.05. The molecule has 100 valence electrons. The smallest absolute Gasteiger partial charge is 0.347 e. The summed E-state index contributed by atoms with van der Waals surface area (Å²) in [6.45, 7) is 5.09. The lowest BCUT2D eigenvalue weighted by Gasteiger charge is -2.33. The zero-order valence-corrected chi connectivity index (χ0v) is 10.5. The summed E-state index contributed by atoms with van der Waals surface area (Å²) < 4.78 is 0. The minimum absolute atomic E-state index is 0.179. The molecule has 1 fully saturated rings. The van der Waals surface area contributed by atoms with Crippen LogP contribution in [-0.2, 0) is 9.63 Å². The summed E-state index contributed by atoms with van der Waals surface area (Å²) in [5.74, 6) is 0.219. The average molecular weight is 254 g/mol. The first-order valence-electron chi connectivity index (χ1n) is 6.05. The molecule has 3 amide bonds. The van der Waals surface area contributed by atoms with E-state index in [0.29, 0.717) is 19.0 Å². The largest absolute Gasteiger partial charge is 0.395 e. The van der Waals surface area contributed by atoms with Crippen LogP contribution in [0.3, 0.4) is 0 Å². The van der Waals surface area contributed by atoms with Crippen LogP contribution in [0.4, 0.5) is 4.79 Å². The maximum absolute atomic E-state index is 12.2. The zero-order chi connectivity index (χ0) is 13.1. The summed E-state index contributed by atoms with van der Waals surface area (Å²) in [7, 11) is 0. The maximum atomic E-state index is 12.2. The van der Waals surface area contributed by atoms with Crippen molar-refractivity contribution < 1.29 is 14.4 Å². The van der Waals surface area contributed by atoms with Crippen LogP contribution >= 0.6 is 0 Å². The zero-order valence-electron chi connectivity index (χ0n) is 10.5. The van der Waals surface area contributed by atoms with Gasteiger partial charge in [0, 0.05) is 13.1 Å². The number of imide groups is 1.